The van der Waals surface area contributed by atoms with Crippen LogP contribution in [0.25, 0.3) is 0 Å². The summed E-state index contributed by atoms with van der Waals surface area (Å²) < 4.78 is 0. The van der Waals surface area contributed by atoms with Crippen LogP contribution < -0.4 is 5.32 Å². The van der Waals surface area contributed by atoms with Crippen molar-refractivity contribution in [1.82, 2.24) is 5.32 Å². The van der Waals surface area contributed by atoms with Gasteiger partial charge in [0.25, 0.3) is 5.91 Å². The average Bonchev–Trinajstić information content (AvgIpc) is 2.65. The number of carbonyl (C=O) groups excluding carboxylic acids is 1. The van der Waals surface area contributed by atoms with E-state index in [4.69, 9.17) is 0 Å². The first kappa shape index (κ1) is 15.5. The summed E-state index contributed by atoms with van der Waals surface area (Å²) in [6.45, 7) is 3.85. The van der Waals surface area contributed by atoms with Crippen molar-refractivity contribution >= 4 is 11.9 Å². The van der Waals surface area contributed by atoms with Crippen LogP contribution in [0.4, 0.5) is 0 Å². The predicted octanol–water partition coefficient (Wildman–Crippen LogP) is 3.21. The largest absolute Gasteiger partial charge is 0.480 e. The molecule has 2 N–H and O–H groups in total. The summed E-state index contributed by atoms with van der Waals surface area (Å²) in [5, 5.41) is 12.4. The Morgan fingerprint density at radius 2 is 1.71 bits per heavy atom. The Morgan fingerprint density at radius 1 is 1.10 bits per heavy atom. The van der Waals surface area contributed by atoms with E-state index < -0.39 is 11.5 Å². The van der Waals surface area contributed by atoms with Crippen molar-refractivity contribution in [3.8, 4) is 0 Å². The summed E-state index contributed by atoms with van der Waals surface area (Å²) in [4.78, 5) is 24.2. The van der Waals surface area contributed by atoms with Gasteiger partial charge in [0.2, 0.25) is 0 Å². The van der Waals surface area contributed by atoms with E-state index in [1.807, 2.05) is 26.0 Å². The van der Waals surface area contributed by atoms with Gasteiger partial charge >= 0.3 is 5.97 Å². The molecule has 0 spiro atoms. The van der Waals surface area contributed by atoms with Crippen LogP contribution in [0.5, 0.6) is 0 Å². The van der Waals surface area contributed by atoms with E-state index in [0.29, 0.717) is 18.4 Å². The lowest BCUT2D eigenvalue weighted by molar-refractivity contribution is -0.145. The van der Waals surface area contributed by atoms with Gasteiger partial charge in [0.15, 0.2) is 0 Å². The first-order valence-electron chi connectivity index (χ1n) is 7.58. The average molecular weight is 289 g/mol. The number of benzene rings is 1. The summed E-state index contributed by atoms with van der Waals surface area (Å²) in [5.41, 5.74) is 1.42. The minimum Gasteiger partial charge on any atom is -0.480 e. The number of aliphatic carboxylic acids is 1. The maximum atomic E-state index is 12.5. The second-order valence-electron chi connectivity index (χ2n) is 6.07. The molecule has 1 amide bonds. The number of carboxylic acids is 1. The van der Waals surface area contributed by atoms with Gasteiger partial charge in [-0.15, -0.1) is 0 Å². The SMILES string of the molecule is Cc1ccc(C(=O)NC2(C(=O)O)CCCCCC2)c(C)c1. The molecule has 0 heterocycles. The summed E-state index contributed by atoms with van der Waals surface area (Å²) >= 11 is 0. The fourth-order valence-electron chi connectivity index (χ4n) is 3.08. The Labute approximate surface area is 125 Å². The topological polar surface area (TPSA) is 66.4 Å². The van der Waals surface area contributed by atoms with Crippen LogP contribution in [0.15, 0.2) is 18.2 Å². The van der Waals surface area contributed by atoms with E-state index in [-0.39, 0.29) is 5.91 Å². The monoisotopic (exact) mass is 289 g/mol. The van der Waals surface area contributed by atoms with Crippen molar-refractivity contribution in [3.63, 3.8) is 0 Å². The van der Waals surface area contributed by atoms with Gasteiger partial charge in [0.1, 0.15) is 5.54 Å². The van der Waals surface area contributed by atoms with Crippen molar-refractivity contribution in [2.75, 3.05) is 0 Å². The molecule has 0 aliphatic heterocycles. The highest BCUT2D eigenvalue weighted by atomic mass is 16.4. The van der Waals surface area contributed by atoms with E-state index in [9.17, 15) is 14.7 Å². The number of hydrogen-bond donors (Lipinski definition) is 2. The highest BCUT2D eigenvalue weighted by molar-refractivity contribution is 5.99. The van der Waals surface area contributed by atoms with E-state index in [0.717, 1.165) is 36.8 Å². The molecule has 1 aromatic rings. The van der Waals surface area contributed by atoms with Crippen molar-refractivity contribution in [2.24, 2.45) is 0 Å². The third-order valence-electron chi connectivity index (χ3n) is 4.35. The number of amides is 1. The van der Waals surface area contributed by atoms with Gasteiger partial charge in [-0.2, -0.15) is 0 Å². The molecule has 1 aliphatic carbocycles. The Bertz CT molecular complexity index is 543. The number of aryl methyl sites for hydroxylation is 2. The van der Waals surface area contributed by atoms with Crippen molar-refractivity contribution < 1.29 is 14.7 Å². The molecule has 2 rings (SSSR count). The molecule has 0 radical (unpaired) electrons. The van der Waals surface area contributed by atoms with E-state index in [1.165, 1.54) is 0 Å². The summed E-state index contributed by atoms with van der Waals surface area (Å²) in [5.74, 6) is -1.20. The summed E-state index contributed by atoms with van der Waals surface area (Å²) in [6.07, 6.45) is 4.79. The number of carboxylic acid groups (broad SMARTS) is 1. The molecule has 0 bridgehead atoms. The Morgan fingerprint density at radius 3 is 2.24 bits per heavy atom. The van der Waals surface area contributed by atoms with E-state index in [2.05, 4.69) is 5.32 Å². The fourth-order valence-corrected chi connectivity index (χ4v) is 3.08. The van der Waals surface area contributed by atoms with Gasteiger partial charge < -0.3 is 10.4 Å². The molecule has 0 saturated heterocycles. The molecule has 1 aromatic carbocycles. The second kappa shape index (κ2) is 6.29. The Hall–Kier alpha value is -1.84. The molecule has 0 unspecified atom stereocenters. The minimum absolute atomic E-state index is 0.281. The lowest BCUT2D eigenvalue weighted by atomic mass is 9.89. The van der Waals surface area contributed by atoms with Crippen LogP contribution in [0.1, 0.15) is 60.0 Å². The highest BCUT2D eigenvalue weighted by Gasteiger charge is 2.40. The highest BCUT2D eigenvalue weighted by Crippen LogP contribution is 2.28. The van der Waals surface area contributed by atoms with E-state index in [1.54, 1.807) is 6.07 Å². The third-order valence-corrected chi connectivity index (χ3v) is 4.35. The third kappa shape index (κ3) is 3.43. The van der Waals surface area contributed by atoms with Gasteiger partial charge in [-0.1, -0.05) is 43.4 Å². The summed E-state index contributed by atoms with van der Waals surface area (Å²) in [6, 6.07) is 5.59. The smallest absolute Gasteiger partial charge is 0.329 e. The first-order valence-corrected chi connectivity index (χ1v) is 7.58. The maximum Gasteiger partial charge on any atom is 0.329 e. The molecule has 4 nitrogen and oxygen atoms in total. The van der Waals surface area contributed by atoms with Crippen molar-refractivity contribution in [3.05, 3.63) is 34.9 Å². The van der Waals surface area contributed by atoms with Crippen molar-refractivity contribution in [2.45, 2.75) is 57.9 Å². The predicted molar refractivity (Wildman–Crippen MR) is 81.5 cm³/mol. The fraction of sp³-hybridized carbons (Fsp3) is 0.529. The zero-order valence-corrected chi connectivity index (χ0v) is 12.7. The van der Waals surface area contributed by atoms with Crippen molar-refractivity contribution in [1.29, 1.82) is 0 Å². The first-order chi connectivity index (χ1) is 9.94. The van der Waals surface area contributed by atoms with Gasteiger partial charge in [-0.25, -0.2) is 4.79 Å². The number of carbonyl (C=O) groups is 2. The quantitative estimate of drug-likeness (QED) is 0.840. The van der Waals surface area contributed by atoms with Crippen LogP contribution in [0, 0.1) is 13.8 Å². The standard InChI is InChI=1S/C17H23NO3/c1-12-7-8-14(13(2)11-12)15(19)18-17(16(20)21)9-5-3-4-6-10-17/h7-8,11H,3-6,9-10H2,1-2H3,(H,18,19)(H,20,21). The zero-order chi connectivity index (χ0) is 15.5. The number of nitrogens with one attached hydrogen (secondary N) is 1. The summed E-state index contributed by atoms with van der Waals surface area (Å²) in [7, 11) is 0. The molecule has 21 heavy (non-hydrogen) atoms. The minimum atomic E-state index is -1.11. The molecule has 114 valence electrons. The van der Waals surface area contributed by atoms with Crippen LogP contribution in [-0.2, 0) is 4.79 Å². The molecule has 1 fully saturated rings. The van der Waals surface area contributed by atoms with Gasteiger partial charge in [-0.05, 0) is 38.3 Å². The molecular formula is C17H23NO3. The van der Waals surface area contributed by atoms with Crippen LogP contribution in [0.3, 0.4) is 0 Å². The number of rotatable bonds is 3. The Kier molecular flexibility index (Phi) is 4.66. The van der Waals surface area contributed by atoms with Crippen LogP contribution in [-0.4, -0.2) is 22.5 Å². The molecule has 0 atom stereocenters. The maximum absolute atomic E-state index is 12.5. The number of hydrogen-bond acceptors (Lipinski definition) is 2. The lowest BCUT2D eigenvalue weighted by Crippen LogP contribution is -2.54. The van der Waals surface area contributed by atoms with Gasteiger partial charge in [-0.3, -0.25) is 4.79 Å². The molecule has 4 heteroatoms. The normalized spacial score (nSPS) is 17.8. The van der Waals surface area contributed by atoms with Gasteiger partial charge in [0, 0.05) is 5.56 Å². The molecule has 0 aromatic heterocycles. The van der Waals surface area contributed by atoms with Gasteiger partial charge in [0.05, 0.1) is 0 Å². The molecule has 1 aliphatic rings. The Balaban J connectivity index is 2.24. The zero-order valence-electron chi connectivity index (χ0n) is 12.7. The van der Waals surface area contributed by atoms with E-state index >= 15 is 0 Å². The van der Waals surface area contributed by atoms with Crippen LogP contribution in [0.2, 0.25) is 0 Å². The lowest BCUT2D eigenvalue weighted by Gasteiger charge is -2.29. The van der Waals surface area contributed by atoms with Crippen LogP contribution >= 0.6 is 0 Å². The molecular weight excluding hydrogens is 266 g/mol. The second-order valence-corrected chi connectivity index (χ2v) is 6.07. The molecule has 1 saturated carbocycles.